The van der Waals surface area contributed by atoms with Crippen LogP contribution in [-0.2, 0) is 0 Å². The summed E-state index contributed by atoms with van der Waals surface area (Å²) in [5.41, 5.74) is 14.1. The molecule has 0 aliphatic heterocycles. The van der Waals surface area contributed by atoms with Crippen LogP contribution in [0.2, 0.25) is 0 Å². The second-order valence-corrected chi connectivity index (χ2v) is 14.6. The Bertz CT molecular complexity index is 2930. The van der Waals surface area contributed by atoms with Gasteiger partial charge in [0.15, 0.2) is 23.3 Å². The van der Waals surface area contributed by atoms with E-state index in [1.54, 1.807) is 0 Å². The molecule has 60 heavy (non-hydrogen) atoms. The largest absolute Gasteiger partial charge is 0.228 e. The Hall–Kier alpha value is -8.15. The molecule has 10 rings (SSSR count). The van der Waals surface area contributed by atoms with E-state index in [0.717, 1.165) is 78.1 Å². The predicted octanol–water partition coefficient (Wildman–Crippen LogP) is 13.7. The minimum Gasteiger partial charge on any atom is -0.228 e. The predicted molar refractivity (Wildman–Crippen MR) is 244 cm³/mol. The van der Waals surface area contributed by atoms with E-state index in [1.807, 2.05) is 91.0 Å². The van der Waals surface area contributed by atoms with Gasteiger partial charge in [-0.25, -0.2) is 24.9 Å². The Kier molecular flexibility index (Phi) is 9.88. The summed E-state index contributed by atoms with van der Waals surface area (Å²) in [7, 11) is 0. The topological polar surface area (TPSA) is 64.5 Å². The van der Waals surface area contributed by atoms with Gasteiger partial charge < -0.3 is 0 Å². The Morgan fingerprint density at radius 1 is 0.167 bits per heavy atom. The molecule has 282 valence electrons. The van der Waals surface area contributed by atoms with Gasteiger partial charge in [0.1, 0.15) is 0 Å². The summed E-state index contributed by atoms with van der Waals surface area (Å²) < 4.78 is 0. The fourth-order valence-electron chi connectivity index (χ4n) is 7.44. The Morgan fingerprint density at radius 3 is 0.967 bits per heavy atom. The molecule has 0 amide bonds. The number of hydrogen-bond acceptors (Lipinski definition) is 5. The summed E-state index contributed by atoms with van der Waals surface area (Å²) in [6, 6.07) is 77.0. The maximum Gasteiger partial charge on any atom is 0.164 e. The highest BCUT2D eigenvalue weighted by Crippen LogP contribution is 2.35. The molecule has 0 saturated heterocycles. The number of rotatable bonds is 9. The molecule has 0 unspecified atom stereocenters. The highest BCUT2D eigenvalue weighted by molar-refractivity contribution is 5.81. The average Bonchev–Trinajstić information content (AvgIpc) is 3.35. The third-order valence-electron chi connectivity index (χ3n) is 10.5. The second-order valence-electron chi connectivity index (χ2n) is 14.6. The van der Waals surface area contributed by atoms with Crippen molar-refractivity contribution in [2.75, 3.05) is 0 Å². The van der Waals surface area contributed by atoms with Crippen molar-refractivity contribution in [3.8, 4) is 101 Å². The molecule has 0 atom stereocenters. The van der Waals surface area contributed by atoms with Crippen molar-refractivity contribution in [3.63, 3.8) is 0 Å². The molecule has 10 aromatic rings. The Morgan fingerprint density at radius 2 is 0.467 bits per heavy atom. The van der Waals surface area contributed by atoms with Gasteiger partial charge in [-0.2, -0.15) is 0 Å². The lowest BCUT2D eigenvalue weighted by molar-refractivity contribution is 1.07. The van der Waals surface area contributed by atoms with Crippen LogP contribution in [0.4, 0.5) is 0 Å². The molecule has 0 fully saturated rings. The number of benzene rings is 8. The summed E-state index contributed by atoms with van der Waals surface area (Å²) >= 11 is 0. The van der Waals surface area contributed by atoms with Gasteiger partial charge in [0.05, 0.1) is 11.4 Å². The first-order valence-electron chi connectivity index (χ1n) is 20.0. The first-order valence-corrected chi connectivity index (χ1v) is 20.0. The Labute approximate surface area is 349 Å². The molecule has 0 aliphatic rings. The minimum atomic E-state index is 0.603. The monoisotopic (exact) mass is 767 g/mol. The van der Waals surface area contributed by atoms with E-state index < -0.39 is 0 Å². The molecule has 0 aliphatic carbocycles. The molecular weight excluding hydrogens is 731 g/mol. The number of aromatic nitrogens is 5. The van der Waals surface area contributed by atoms with Crippen LogP contribution in [-0.4, -0.2) is 24.9 Å². The first kappa shape index (κ1) is 36.2. The molecule has 8 aromatic carbocycles. The number of hydrogen-bond donors (Lipinski definition) is 0. The smallest absolute Gasteiger partial charge is 0.164 e. The van der Waals surface area contributed by atoms with Gasteiger partial charge in [-0.15, -0.1) is 0 Å². The molecule has 5 heteroatoms. The fraction of sp³-hybridized carbons (Fsp3) is 0. The third kappa shape index (κ3) is 7.76. The van der Waals surface area contributed by atoms with Crippen molar-refractivity contribution in [3.05, 3.63) is 224 Å². The van der Waals surface area contributed by atoms with E-state index in [0.29, 0.717) is 23.3 Å². The molecule has 5 nitrogen and oxygen atoms in total. The zero-order valence-electron chi connectivity index (χ0n) is 32.6. The first-order chi connectivity index (χ1) is 29.7. The highest BCUT2D eigenvalue weighted by Gasteiger charge is 2.16. The molecule has 0 spiro atoms. The summed E-state index contributed by atoms with van der Waals surface area (Å²) in [6.07, 6.45) is 0. The maximum absolute atomic E-state index is 5.19. The molecule has 0 radical (unpaired) electrons. The van der Waals surface area contributed by atoms with Gasteiger partial charge in [0, 0.05) is 33.4 Å². The zero-order chi connectivity index (χ0) is 40.1. The standard InChI is InChI=1S/C55H37N5/c1-6-17-38(18-7-1)47-34-48(39-19-8-2-9-20-39)36-49(35-47)55-59-53(44-25-14-5-15-26-44)58-54(60-55)46-28-16-27-45(33-46)40-29-31-42(32-30-40)51-37-50(41-21-10-3-11-22-41)56-52(57-51)43-23-12-4-13-24-43/h1-37H. The van der Waals surface area contributed by atoms with E-state index in [1.165, 1.54) is 0 Å². The minimum absolute atomic E-state index is 0.603. The van der Waals surface area contributed by atoms with Crippen molar-refractivity contribution in [2.24, 2.45) is 0 Å². The lowest BCUT2D eigenvalue weighted by atomic mass is 9.96. The van der Waals surface area contributed by atoms with Gasteiger partial charge in [-0.1, -0.05) is 194 Å². The van der Waals surface area contributed by atoms with Gasteiger partial charge in [0.25, 0.3) is 0 Å². The molecule has 0 N–H and O–H groups in total. The Balaban J connectivity index is 1.04. The van der Waals surface area contributed by atoms with Crippen LogP contribution in [0.15, 0.2) is 224 Å². The van der Waals surface area contributed by atoms with E-state index in [2.05, 4.69) is 133 Å². The van der Waals surface area contributed by atoms with Crippen LogP contribution in [0.3, 0.4) is 0 Å². The average molecular weight is 768 g/mol. The van der Waals surface area contributed by atoms with Crippen molar-refractivity contribution in [1.82, 2.24) is 24.9 Å². The third-order valence-corrected chi connectivity index (χ3v) is 10.5. The quantitative estimate of drug-likeness (QED) is 0.146. The second kappa shape index (κ2) is 16.4. The van der Waals surface area contributed by atoms with E-state index in [9.17, 15) is 0 Å². The van der Waals surface area contributed by atoms with Crippen LogP contribution < -0.4 is 0 Å². The molecular formula is C55H37N5. The lowest BCUT2D eigenvalue weighted by Gasteiger charge is -2.13. The summed E-state index contributed by atoms with van der Waals surface area (Å²) in [5, 5.41) is 0. The molecule has 0 saturated carbocycles. The van der Waals surface area contributed by atoms with Crippen molar-refractivity contribution in [2.45, 2.75) is 0 Å². The fourth-order valence-corrected chi connectivity index (χ4v) is 7.44. The maximum atomic E-state index is 5.19. The number of nitrogens with zero attached hydrogens (tertiary/aromatic N) is 5. The van der Waals surface area contributed by atoms with Crippen LogP contribution >= 0.6 is 0 Å². The molecule has 0 bridgehead atoms. The van der Waals surface area contributed by atoms with Gasteiger partial charge in [-0.3, -0.25) is 0 Å². The van der Waals surface area contributed by atoms with E-state index >= 15 is 0 Å². The van der Waals surface area contributed by atoms with Crippen LogP contribution in [0.1, 0.15) is 0 Å². The van der Waals surface area contributed by atoms with Gasteiger partial charge >= 0.3 is 0 Å². The summed E-state index contributed by atoms with van der Waals surface area (Å²) in [5.74, 6) is 2.52. The molecule has 2 heterocycles. The van der Waals surface area contributed by atoms with Crippen molar-refractivity contribution in [1.29, 1.82) is 0 Å². The van der Waals surface area contributed by atoms with E-state index in [-0.39, 0.29) is 0 Å². The zero-order valence-corrected chi connectivity index (χ0v) is 32.6. The summed E-state index contributed by atoms with van der Waals surface area (Å²) in [6.45, 7) is 0. The van der Waals surface area contributed by atoms with Crippen LogP contribution in [0.5, 0.6) is 0 Å². The van der Waals surface area contributed by atoms with Crippen molar-refractivity contribution >= 4 is 0 Å². The SMILES string of the molecule is c1ccc(-c2cc(-c3ccccc3)cc(-c3nc(-c4ccccc4)nc(-c4cccc(-c5ccc(-c6cc(-c7ccccc7)nc(-c7ccccc7)n6)cc5)c4)n3)c2)cc1. The van der Waals surface area contributed by atoms with Gasteiger partial charge in [0.2, 0.25) is 0 Å². The van der Waals surface area contributed by atoms with E-state index in [4.69, 9.17) is 24.9 Å². The molecule has 2 aromatic heterocycles. The summed E-state index contributed by atoms with van der Waals surface area (Å²) in [4.78, 5) is 25.4. The lowest BCUT2D eigenvalue weighted by Crippen LogP contribution is -2.00. The van der Waals surface area contributed by atoms with Crippen LogP contribution in [0, 0.1) is 0 Å². The normalized spacial score (nSPS) is 11.0. The van der Waals surface area contributed by atoms with Crippen molar-refractivity contribution < 1.29 is 0 Å². The van der Waals surface area contributed by atoms with Gasteiger partial charge in [-0.05, 0) is 63.7 Å². The highest BCUT2D eigenvalue weighted by atomic mass is 15.0. The van der Waals surface area contributed by atoms with Crippen LogP contribution in [0.25, 0.3) is 101 Å².